The van der Waals surface area contributed by atoms with Gasteiger partial charge in [0.2, 0.25) is 0 Å². The van der Waals surface area contributed by atoms with Crippen molar-refractivity contribution in [2.24, 2.45) is 0 Å². The molecule has 8 heteroatoms. The fraction of sp³-hybridized carbons (Fsp3) is 0.333. The van der Waals surface area contributed by atoms with Gasteiger partial charge in [0.15, 0.2) is 12.6 Å². The Morgan fingerprint density at radius 2 is 0.727 bits per heavy atom. The summed E-state index contributed by atoms with van der Waals surface area (Å²) in [6, 6.07) is 30.3. The molecule has 2 atom stereocenters. The number of phenols is 2. The van der Waals surface area contributed by atoms with Crippen LogP contribution in [0.5, 0.6) is 23.0 Å². The van der Waals surface area contributed by atoms with Gasteiger partial charge in [-0.1, -0.05) is 48.5 Å². The van der Waals surface area contributed by atoms with E-state index in [9.17, 15) is 10.2 Å². The van der Waals surface area contributed by atoms with Crippen molar-refractivity contribution < 1.29 is 38.6 Å². The summed E-state index contributed by atoms with van der Waals surface area (Å²) < 4.78 is 34.2. The minimum absolute atomic E-state index is 0.270. The second-order valence-corrected chi connectivity index (χ2v) is 10.3. The third kappa shape index (κ3) is 12.3. The highest BCUT2D eigenvalue weighted by Crippen LogP contribution is 2.20. The topological polar surface area (TPSA) is 95.8 Å². The van der Waals surface area contributed by atoms with Crippen LogP contribution >= 0.6 is 0 Å². The molecule has 8 nitrogen and oxygen atoms in total. The lowest BCUT2D eigenvalue weighted by Gasteiger charge is -2.16. The molecule has 0 saturated heterocycles. The smallest absolute Gasteiger partial charge is 0.197 e. The van der Waals surface area contributed by atoms with Crippen molar-refractivity contribution in [1.29, 1.82) is 0 Å². The van der Waals surface area contributed by atoms with Crippen molar-refractivity contribution in [1.82, 2.24) is 0 Å². The summed E-state index contributed by atoms with van der Waals surface area (Å²) in [7, 11) is 0. The zero-order valence-electron chi connectivity index (χ0n) is 25.4. The molecule has 0 bridgehead atoms. The molecule has 4 aromatic rings. The molecular weight excluding hydrogens is 560 g/mol. The second kappa shape index (κ2) is 17.9. The van der Waals surface area contributed by atoms with Crippen molar-refractivity contribution in [3.8, 4) is 23.0 Å². The number of benzene rings is 4. The molecule has 0 amide bonds. The summed E-state index contributed by atoms with van der Waals surface area (Å²) >= 11 is 0. The van der Waals surface area contributed by atoms with Gasteiger partial charge < -0.3 is 38.6 Å². The average Bonchev–Trinajstić information content (AvgIpc) is 3.02. The Labute approximate surface area is 259 Å². The molecule has 2 N–H and O–H groups in total. The van der Waals surface area contributed by atoms with Crippen molar-refractivity contribution in [3.63, 3.8) is 0 Å². The number of ether oxygens (including phenoxy) is 6. The highest BCUT2D eigenvalue weighted by Gasteiger charge is 2.07. The monoisotopic (exact) mass is 602 g/mol. The molecule has 2 unspecified atom stereocenters. The van der Waals surface area contributed by atoms with E-state index in [2.05, 4.69) is 0 Å². The van der Waals surface area contributed by atoms with Crippen molar-refractivity contribution in [2.45, 2.75) is 39.3 Å². The molecule has 0 aromatic heterocycles. The van der Waals surface area contributed by atoms with Gasteiger partial charge in [-0.15, -0.1) is 0 Å². The molecule has 44 heavy (non-hydrogen) atoms. The van der Waals surface area contributed by atoms with Gasteiger partial charge in [-0.2, -0.15) is 0 Å². The Morgan fingerprint density at radius 1 is 0.432 bits per heavy atom. The predicted octanol–water partition coefficient (Wildman–Crippen LogP) is 6.50. The zero-order valence-corrected chi connectivity index (χ0v) is 25.4. The molecule has 0 aliphatic carbocycles. The highest BCUT2D eigenvalue weighted by molar-refractivity contribution is 5.35. The molecule has 0 saturated carbocycles. The van der Waals surface area contributed by atoms with Gasteiger partial charge in [0.25, 0.3) is 0 Å². The van der Waals surface area contributed by atoms with Crippen LogP contribution in [0.1, 0.15) is 36.1 Å². The van der Waals surface area contributed by atoms with E-state index in [0.717, 1.165) is 46.6 Å². The quantitative estimate of drug-likeness (QED) is 0.0929. The number of rotatable bonds is 19. The first-order chi connectivity index (χ1) is 21.4. The molecule has 0 fully saturated rings. The molecule has 0 heterocycles. The van der Waals surface area contributed by atoms with Crippen molar-refractivity contribution >= 4 is 0 Å². The molecule has 0 aliphatic heterocycles. The largest absolute Gasteiger partial charge is 0.508 e. The average molecular weight is 603 g/mol. The van der Waals surface area contributed by atoms with Gasteiger partial charge in [0.1, 0.15) is 23.0 Å². The van der Waals surface area contributed by atoms with Crippen LogP contribution in [0.2, 0.25) is 0 Å². The van der Waals surface area contributed by atoms with E-state index in [4.69, 9.17) is 28.4 Å². The van der Waals surface area contributed by atoms with Crippen LogP contribution in [0.15, 0.2) is 97.1 Å². The van der Waals surface area contributed by atoms with Crippen molar-refractivity contribution in [3.05, 3.63) is 119 Å². The summed E-state index contributed by atoms with van der Waals surface area (Å²) in [4.78, 5) is 0. The molecular formula is C36H42O8. The summed E-state index contributed by atoms with van der Waals surface area (Å²) in [5.41, 5.74) is 4.58. The maximum atomic E-state index is 9.42. The second-order valence-electron chi connectivity index (χ2n) is 10.3. The number of aromatic hydroxyl groups is 2. The first kappa shape index (κ1) is 32.8. The Kier molecular flexibility index (Phi) is 13.4. The van der Waals surface area contributed by atoms with Gasteiger partial charge in [-0.3, -0.25) is 0 Å². The van der Waals surface area contributed by atoms with Crippen molar-refractivity contribution in [2.75, 3.05) is 39.6 Å². The van der Waals surface area contributed by atoms with Crippen LogP contribution in [-0.2, 0) is 31.8 Å². The maximum Gasteiger partial charge on any atom is 0.197 e. The lowest BCUT2D eigenvalue weighted by Crippen LogP contribution is -2.20. The van der Waals surface area contributed by atoms with Gasteiger partial charge in [-0.25, -0.2) is 0 Å². The van der Waals surface area contributed by atoms with Gasteiger partial charge in [0, 0.05) is 0 Å². The molecule has 0 aliphatic rings. The van der Waals surface area contributed by atoms with Crippen LogP contribution < -0.4 is 9.47 Å². The predicted molar refractivity (Wildman–Crippen MR) is 168 cm³/mol. The van der Waals surface area contributed by atoms with Gasteiger partial charge in [-0.05, 0) is 97.5 Å². The zero-order chi connectivity index (χ0) is 31.0. The van der Waals surface area contributed by atoms with Crippen LogP contribution in [-0.4, -0.2) is 62.4 Å². The standard InChI is InChI=1S/C36H42O8/c1-27(43-35-15-7-31(8-16-35)25-29-3-11-33(37)12-4-29)41-23-21-39-19-20-40-22-24-42-28(2)44-36-17-9-32(10-18-36)26-30-5-13-34(38)14-6-30/h3-18,27-28,37-38H,19-26H2,1-2H3. The fourth-order valence-electron chi connectivity index (χ4n) is 4.39. The van der Waals surface area contributed by atoms with E-state index in [1.165, 1.54) is 0 Å². The maximum absolute atomic E-state index is 9.42. The minimum atomic E-state index is -0.400. The number of hydrogen-bond donors (Lipinski definition) is 2. The summed E-state index contributed by atoms with van der Waals surface area (Å²) in [5.74, 6) is 2.02. The van der Waals surface area contributed by atoms with Crippen LogP contribution in [0, 0.1) is 0 Å². The summed E-state index contributed by atoms with van der Waals surface area (Å²) in [5, 5.41) is 18.8. The van der Waals surface area contributed by atoms with Gasteiger partial charge >= 0.3 is 0 Å². The first-order valence-corrected chi connectivity index (χ1v) is 14.9. The number of phenolic OH excluding ortho intramolecular Hbond substituents is 2. The SMILES string of the molecule is CC(OCCOCCOCCOC(C)Oc1ccc(Cc2ccc(O)cc2)cc1)Oc1ccc(Cc2ccc(O)cc2)cc1. The van der Waals surface area contributed by atoms with E-state index in [1.54, 1.807) is 24.3 Å². The fourth-order valence-corrected chi connectivity index (χ4v) is 4.39. The third-order valence-electron chi connectivity index (χ3n) is 6.67. The normalized spacial score (nSPS) is 12.5. The molecule has 4 rings (SSSR count). The Hall–Kier alpha value is -4.08. The number of hydrogen-bond acceptors (Lipinski definition) is 8. The Bertz CT molecular complexity index is 1230. The summed E-state index contributed by atoms with van der Waals surface area (Å²) in [6.07, 6.45) is 0.771. The Morgan fingerprint density at radius 3 is 1.07 bits per heavy atom. The molecule has 234 valence electrons. The molecule has 0 radical (unpaired) electrons. The molecule has 4 aromatic carbocycles. The lowest BCUT2D eigenvalue weighted by atomic mass is 10.0. The minimum Gasteiger partial charge on any atom is -0.508 e. The highest BCUT2D eigenvalue weighted by atomic mass is 16.7. The first-order valence-electron chi connectivity index (χ1n) is 14.9. The van der Waals surface area contributed by atoms with Crippen LogP contribution in [0.25, 0.3) is 0 Å². The van der Waals surface area contributed by atoms with E-state index in [1.807, 2.05) is 86.6 Å². The van der Waals surface area contributed by atoms with E-state index in [-0.39, 0.29) is 11.5 Å². The van der Waals surface area contributed by atoms with E-state index < -0.39 is 12.6 Å². The lowest BCUT2D eigenvalue weighted by molar-refractivity contribution is -0.0943. The van der Waals surface area contributed by atoms with Crippen LogP contribution in [0.4, 0.5) is 0 Å². The third-order valence-corrected chi connectivity index (χ3v) is 6.67. The molecule has 0 spiro atoms. The van der Waals surface area contributed by atoms with Crippen LogP contribution in [0.3, 0.4) is 0 Å². The van der Waals surface area contributed by atoms with E-state index >= 15 is 0 Å². The van der Waals surface area contributed by atoms with E-state index in [0.29, 0.717) is 39.6 Å². The Balaban J connectivity index is 0.974. The van der Waals surface area contributed by atoms with Gasteiger partial charge in [0.05, 0.1) is 39.6 Å². The summed E-state index contributed by atoms with van der Waals surface area (Å²) in [6.45, 7) is 6.34.